The molecule has 4 heteroatoms. The van der Waals surface area contributed by atoms with Crippen molar-refractivity contribution in [2.45, 2.75) is 26.3 Å². The van der Waals surface area contributed by atoms with Crippen molar-refractivity contribution in [3.05, 3.63) is 24.3 Å². The number of ether oxygens (including phenoxy) is 2. The zero-order valence-electron chi connectivity index (χ0n) is 12.1. The van der Waals surface area contributed by atoms with Crippen molar-refractivity contribution in [1.82, 2.24) is 4.90 Å². The van der Waals surface area contributed by atoms with Crippen LogP contribution in [-0.2, 0) is 0 Å². The number of hydrogen-bond donors (Lipinski definition) is 0. The van der Waals surface area contributed by atoms with Gasteiger partial charge in [0.1, 0.15) is 6.61 Å². The normalized spacial score (nSPS) is 11.1. The number of para-hydroxylation sites is 2. The number of nitrogens with zero attached hydrogens (tertiary/aromatic N) is 1. The van der Waals surface area contributed by atoms with E-state index < -0.39 is 0 Å². The van der Waals surface area contributed by atoms with Crippen LogP contribution >= 0.6 is 11.6 Å². The number of hydrogen-bond acceptors (Lipinski definition) is 3. The minimum Gasteiger partial charge on any atom is -0.493 e. The highest BCUT2D eigenvalue weighted by Gasteiger charge is 2.09. The molecule has 1 rings (SSSR count). The summed E-state index contributed by atoms with van der Waals surface area (Å²) in [6.45, 7) is 6.94. The van der Waals surface area contributed by atoms with Gasteiger partial charge in [0.05, 0.1) is 7.11 Å². The van der Waals surface area contributed by atoms with Gasteiger partial charge < -0.3 is 9.47 Å². The van der Waals surface area contributed by atoms with Crippen LogP contribution in [0.15, 0.2) is 24.3 Å². The Kier molecular flexibility index (Phi) is 7.68. The predicted molar refractivity (Wildman–Crippen MR) is 80.5 cm³/mol. The second kappa shape index (κ2) is 9.05. The third-order valence-electron chi connectivity index (χ3n) is 3.01. The lowest BCUT2D eigenvalue weighted by Gasteiger charge is -2.26. The molecule has 0 bridgehead atoms. The van der Waals surface area contributed by atoms with Gasteiger partial charge in [-0.1, -0.05) is 12.1 Å². The summed E-state index contributed by atoms with van der Waals surface area (Å²) in [5.41, 5.74) is 0. The molecule has 0 radical (unpaired) electrons. The molecule has 19 heavy (non-hydrogen) atoms. The highest BCUT2D eigenvalue weighted by Crippen LogP contribution is 2.25. The molecule has 0 aliphatic heterocycles. The molecule has 0 spiro atoms. The van der Waals surface area contributed by atoms with Gasteiger partial charge in [-0.15, -0.1) is 11.6 Å². The average molecular weight is 286 g/mol. The highest BCUT2D eigenvalue weighted by molar-refractivity contribution is 6.17. The lowest BCUT2D eigenvalue weighted by molar-refractivity contribution is 0.174. The molecular weight excluding hydrogens is 262 g/mol. The van der Waals surface area contributed by atoms with Gasteiger partial charge in [0.2, 0.25) is 0 Å². The standard InChI is InChI=1S/C15H24ClNO2/c1-13(2)17(10-6-9-16)11-12-19-15-8-5-4-7-14(15)18-3/h4-5,7-8,13H,6,9-12H2,1-3H3. The quantitative estimate of drug-likeness (QED) is 0.649. The largest absolute Gasteiger partial charge is 0.493 e. The Hall–Kier alpha value is -0.930. The smallest absolute Gasteiger partial charge is 0.161 e. The van der Waals surface area contributed by atoms with E-state index in [1.807, 2.05) is 24.3 Å². The Balaban J connectivity index is 2.42. The first-order valence-corrected chi connectivity index (χ1v) is 7.28. The molecule has 1 aromatic carbocycles. The van der Waals surface area contributed by atoms with E-state index in [1.54, 1.807) is 7.11 Å². The molecule has 0 atom stereocenters. The van der Waals surface area contributed by atoms with Gasteiger partial charge in [0.15, 0.2) is 11.5 Å². The maximum Gasteiger partial charge on any atom is 0.161 e. The first-order valence-electron chi connectivity index (χ1n) is 6.75. The van der Waals surface area contributed by atoms with Gasteiger partial charge >= 0.3 is 0 Å². The number of methoxy groups -OCH3 is 1. The van der Waals surface area contributed by atoms with Crippen molar-refractivity contribution in [2.75, 3.05) is 32.7 Å². The second-order valence-corrected chi connectivity index (χ2v) is 5.05. The second-order valence-electron chi connectivity index (χ2n) is 4.67. The topological polar surface area (TPSA) is 21.7 Å². The molecule has 0 fully saturated rings. The summed E-state index contributed by atoms with van der Waals surface area (Å²) in [5, 5.41) is 0. The van der Waals surface area contributed by atoms with Crippen LogP contribution in [0.25, 0.3) is 0 Å². The third kappa shape index (κ3) is 5.70. The lowest BCUT2D eigenvalue weighted by atomic mass is 10.3. The Morgan fingerprint density at radius 3 is 2.42 bits per heavy atom. The first-order chi connectivity index (χ1) is 9.19. The van der Waals surface area contributed by atoms with E-state index in [0.29, 0.717) is 18.5 Å². The fourth-order valence-corrected chi connectivity index (χ4v) is 2.02. The summed E-state index contributed by atoms with van der Waals surface area (Å²) in [5.74, 6) is 2.28. The Morgan fingerprint density at radius 1 is 1.16 bits per heavy atom. The SMILES string of the molecule is COc1ccccc1OCCN(CCCCl)C(C)C. The van der Waals surface area contributed by atoms with E-state index >= 15 is 0 Å². The zero-order valence-corrected chi connectivity index (χ0v) is 12.8. The first kappa shape index (κ1) is 16.1. The van der Waals surface area contributed by atoms with Gasteiger partial charge in [0, 0.05) is 18.5 Å². The van der Waals surface area contributed by atoms with E-state index in [0.717, 1.165) is 31.0 Å². The Bertz CT molecular complexity index is 358. The highest BCUT2D eigenvalue weighted by atomic mass is 35.5. The van der Waals surface area contributed by atoms with Gasteiger partial charge in [-0.3, -0.25) is 4.90 Å². The van der Waals surface area contributed by atoms with Crippen LogP contribution in [0.4, 0.5) is 0 Å². The molecule has 0 unspecified atom stereocenters. The van der Waals surface area contributed by atoms with Crippen LogP contribution in [0.5, 0.6) is 11.5 Å². The molecule has 0 saturated carbocycles. The molecule has 3 nitrogen and oxygen atoms in total. The number of benzene rings is 1. The zero-order chi connectivity index (χ0) is 14.1. The Morgan fingerprint density at radius 2 is 1.84 bits per heavy atom. The Labute approximate surface area is 121 Å². The minimum atomic E-state index is 0.504. The third-order valence-corrected chi connectivity index (χ3v) is 3.28. The van der Waals surface area contributed by atoms with E-state index in [1.165, 1.54) is 0 Å². The molecule has 0 heterocycles. The monoisotopic (exact) mass is 285 g/mol. The van der Waals surface area contributed by atoms with Crippen molar-refractivity contribution in [1.29, 1.82) is 0 Å². The summed E-state index contributed by atoms with van der Waals surface area (Å²) in [6.07, 6.45) is 1.01. The molecule has 0 aliphatic carbocycles. The maximum atomic E-state index is 5.79. The molecule has 0 aromatic heterocycles. The van der Waals surface area contributed by atoms with Crippen molar-refractivity contribution in [3.8, 4) is 11.5 Å². The summed E-state index contributed by atoms with van der Waals surface area (Å²) in [7, 11) is 1.66. The fraction of sp³-hybridized carbons (Fsp3) is 0.600. The molecule has 108 valence electrons. The van der Waals surface area contributed by atoms with Crippen molar-refractivity contribution < 1.29 is 9.47 Å². The van der Waals surface area contributed by atoms with Crippen LogP contribution in [0, 0.1) is 0 Å². The molecule has 0 aliphatic rings. The predicted octanol–water partition coefficient (Wildman–Crippen LogP) is 3.41. The molecule has 0 amide bonds. The van der Waals surface area contributed by atoms with Gasteiger partial charge in [-0.2, -0.15) is 0 Å². The molecule has 1 aromatic rings. The summed E-state index contributed by atoms with van der Waals surface area (Å²) < 4.78 is 11.0. The van der Waals surface area contributed by atoms with Crippen LogP contribution in [-0.4, -0.2) is 43.6 Å². The summed E-state index contributed by atoms with van der Waals surface area (Å²) in [4.78, 5) is 2.37. The summed E-state index contributed by atoms with van der Waals surface area (Å²) in [6, 6.07) is 8.22. The average Bonchev–Trinajstić information content (AvgIpc) is 2.42. The van der Waals surface area contributed by atoms with E-state index in [2.05, 4.69) is 18.7 Å². The summed E-state index contributed by atoms with van der Waals surface area (Å²) >= 11 is 5.75. The molecule has 0 N–H and O–H groups in total. The number of halogens is 1. The van der Waals surface area contributed by atoms with Crippen molar-refractivity contribution >= 4 is 11.6 Å². The van der Waals surface area contributed by atoms with E-state index in [4.69, 9.17) is 21.1 Å². The van der Waals surface area contributed by atoms with Crippen molar-refractivity contribution in [3.63, 3.8) is 0 Å². The van der Waals surface area contributed by atoms with E-state index in [-0.39, 0.29) is 0 Å². The van der Waals surface area contributed by atoms with E-state index in [9.17, 15) is 0 Å². The van der Waals surface area contributed by atoms with Crippen molar-refractivity contribution in [2.24, 2.45) is 0 Å². The van der Waals surface area contributed by atoms with Gasteiger partial charge in [-0.05, 0) is 38.9 Å². The van der Waals surface area contributed by atoms with Crippen LogP contribution in [0.3, 0.4) is 0 Å². The number of rotatable bonds is 9. The van der Waals surface area contributed by atoms with Gasteiger partial charge in [0.25, 0.3) is 0 Å². The van der Waals surface area contributed by atoms with Gasteiger partial charge in [-0.25, -0.2) is 0 Å². The number of alkyl halides is 1. The lowest BCUT2D eigenvalue weighted by Crippen LogP contribution is -2.35. The van der Waals surface area contributed by atoms with Crippen LogP contribution in [0.1, 0.15) is 20.3 Å². The fourth-order valence-electron chi connectivity index (χ4n) is 1.90. The maximum absolute atomic E-state index is 5.79. The molecular formula is C15H24ClNO2. The van der Waals surface area contributed by atoms with Crippen LogP contribution < -0.4 is 9.47 Å². The van der Waals surface area contributed by atoms with Crippen LogP contribution in [0.2, 0.25) is 0 Å². The molecule has 0 saturated heterocycles. The minimum absolute atomic E-state index is 0.504.